The topological polar surface area (TPSA) is 15.3 Å². The van der Waals surface area contributed by atoms with Crippen LogP contribution in [0.1, 0.15) is 56.2 Å². The number of aryl methyl sites for hydroxylation is 1. The first kappa shape index (κ1) is 14.6. The van der Waals surface area contributed by atoms with Crippen molar-refractivity contribution in [1.82, 2.24) is 10.2 Å². The summed E-state index contributed by atoms with van der Waals surface area (Å²) in [4.78, 5) is 5.86. The third-order valence-electron chi connectivity index (χ3n) is 5.10. The van der Waals surface area contributed by atoms with E-state index in [4.69, 9.17) is 0 Å². The molecule has 1 saturated carbocycles. The molecule has 20 heavy (non-hydrogen) atoms. The van der Waals surface area contributed by atoms with Crippen LogP contribution in [-0.2, 0) is 13.0 Å². The first-order valence-corrected chi connectivity index (χ1v) is 8.92. The summed E-state index contributed by atoms with van der Waals surface area (Å²) >= 11 is 2.01. The van der Waals surface area contributed by atoms with E-state index in [1.165, 1.54) is 50.1 Å². The second-order valence-electron chi connectivity index (χ2n) is 7.25. The maximum Gasteiger partial charge on any atom is 0.0338 e. The molecule has 112 valence electrons. The van der Waals surface area contributed by atoms with Crippen molar-refractivity contribution < 1.29 is 0 Å². The van der Waals surface area contributed by atoms with Gasteiger partial charge in [0.05, 0.1) is 0 Å². The molecule has 0 amide bonds. The van der Waals surface area contributed by atoms with Crippen LogP contribution < -0.4 is 5.32 Å². The van der Waals surface area contributed by atoms with Crippen molar-refractivity contribution in [2.24, 2.45) is 0 Å². The quantitative estimate of drug-likeness (QED) is 0.911. The summed E-state index contributed by atoms with van der Waals surface area (Å²) < 4.78 is 0. The third kappa shape index (κ3) is 2.81. The number of rotatable bonds is 3. The lowest BCUT2D eigenvalue weighted by Crippen LogP contribution is -2.66. The van der Waals surface area contributed by atoms with Gasteiger partial charge in [-0.3, -0.25) is 4.90 Å². The lowest BCUT2D eigenvalue weighted by Gasteiger charge is -2.51. The Bertz CT molecular complexity index is 457. The van der Waals surface area contributed by atoms with Crippen LogP contribution in [0.15, 0.2) is 12.1 Å². The molecule has 1 aromatic heterocycles. The number of nitrogens with one attached hydrogen (secondary N) is 1. The van der Waals surface area contributed by atoms with Crippen molar-refractivity contribution in [2.45, 2.75) is 70.5 Å². The van der Waals surface area contributed by atoms with Gasteiger partial charge in [-0.15, -0.1) is 11.3 Å². The molecule has 2 nitrogen and oxygen atoms in total. The lowest BCUT2D eigenvalue weighted by molar-refractivity contribution is 0.0130. The molecule has 1 aliphatic carbocycles. The van der Waals surface area contributed by atoms with E-state index >= 15 is 0 Å². The lowest BCUT2D eigenvalue weighted by atomic mass is 9.87. The van der Waals surface area contributed by atoms with Crippen molar-refractivity contribution in [2.75, 3.05) is 13.1 Å². The van der Waals surface area contributed by atoms with E-state index in [1.54, 1.807) is 4.88 Å². The van der Waals surface area contributed by atoms with Crippen molar-refractivity contribution in [3.8, 4) is 0 Å². The molecule has 1 aromatic rings. The summed E-state index contributed by atoms with van der Waals surface area (Å²) in [6.45, 7) is 10.4. The van der Waals surface area contributed by atoms with Gasteiger partial charge >= 0.3 is 0 Å². The maximum absolute atomic E-state index is 3.78. The van der Waals surface area contributed by atoms with Gasteiger partial charge in [-0.1, -0.05) is 19.8 Å². The van der Waals surface area contributed by atoms with E-state index in [9.17, 15) is 0 Å². The second-order valence-corrected chi connectivity index (χ2v) is 8.50. The molecule has 2 fully saturated rings. The Morgan fingerprint density at radius 2 is 1.90 bits per heavy atom. The van der Waals surface area contributed by atoms with Gasteiger partial charge in [0.25, 0.3) is 0 Å². The molecule has 2 heterocycles. The van der Waals surface area contributed by atoms with E-state index in [2.05, 4.69) is 43.1 Å². The summed E-state index contributed by atoms with van der Waals surface area (Å²) in [5.74, 6) is 0. The smallest absolute Gasteiger partial charge is 0.0338 e. The van der Waals surface area contributed by atoms with Gasteiger partial charge < -0.3 is 5.32 Å². The fourth-order valence-electron chi connectivity index (χ4n) is 3.85. The molecule has 0 atom stereocenters. The zero-order chi connectivity index (χ0) is 14.2. The predicted octanol–water partition coefficient (Wildman–Crippen LogP) is 3.81. The number of thiophene rings is 1. The van der Waals surface area contributed by atoms with Gasteiger partial charge in [0.2, 0.25) is 0 Å². The van der Waals surface area contributed by atoms with Crippen LogP contribution in [-0.4, -0.2) is 29.1 Å². The summed E-state index contributed by atoms with van der Waals surface area (Å²) in [5.41, 5.74) is 0.685. The zero-order valence-electron chi connectivity index (χ0n) is 13.2. The normalized spacial score (nSPS) is 25.4. The Morgan fingerprint density at radius 3 is 2.55 bits per heavy atom. The van der Waals surface area contributed by atoms with Crippen LogP contribution >= 0.6 is 11.3 Å². The minimum Gasteiger partial charge on any atom is -0.309 e. The Labute approximate surface area is 127 Å². The fraction of sp³-hybridized carbons (Fsp3) is 0.765. The summed E-state index contributed by atoms with van der Waals surface area (Å²) in [7, 11) is 0. The average Bonchev–Trinajstić information content (AvgIpc) is 3.04. The highest BCUT2D eigenvalue weighted by Gasteiger charge is 2.45. The molecule has 1 aliphatic heterocycles. The van der Waals surface area contributed by atoms with Crippen LogP contribution in [0.2, 0.25) is 0 Å². The molecular weight excluding hydrogens is 264 g/mol. The van der Waals surface area contributed by atoms with Crippen molar-refractivity contribution >= 4 is 11.3 Å². The van der Waals surface area contributed by atoms with Gasteiger partial charge in [-0.25, -0.2) is 0 Å². The van der Waals surface area contributed by atoms with Gasteiger partial charge in [0, 0.05) is 40.5 Å². The minimum atomic E-state index is 0.249. The molecule has 0 unspecified atom stereocenters. The highest BCUT2D eigenvalue weighted by atomic mass is 32.1. The SMILES string of the molecule is CCc1ccc(CN2CC(C)(C)NCC23CCCC3)s1. The molecule has 1 N–H and O–H groups in total. The van der Waals surface area contributed by atoms with Crippen molar-refractivity contribution in [3.63, 3.8) is 0 Å². The highest BCUT2D eigenvalue weighted by Crippen LogP contribution is 2.39. The molecule has 0 aromatic carbocycles. The number of hydrogen-bond donors (Lipinski definition) is 1. The fourth-order valence-corrected chi connectivity index (χ4v) is 4.83. The maximum atomic E-state index is 3.78. The highest BCUT2D eigenvalue weighted by molar-refractivity contribution is 7.11. The molecule has 2 aliphatic rings. The predicted molar refractivity (Wildman–Crippen MR) is 87.4 cm³/mol. The average molecular weight is 292 g/mol. The summed E-state index contributed by atoms with van der Waals surface area (Å²) in [5, 5.41) is 3.78. The van der Waals surface area contributed by atoms with Crippen LogP contribution in [0, 0.1) is 0 Å². The van der Waals surface area contributed by atoms with Gasteiger partial charge in [-0.2, -0.15) is 0 Å². The minimum absolute atomic E-state index is 0.249. The van der Waals surface area contributed by atoms with Gasteiger partial charge in [0.15, 0.2) is 0 Å². The number of nitrogens with zero attached hydrogens (tertiary/aromatic N) is 1. The number of piperazine rings is 1. The first-order chi connectivity index (χ1) is 9.53. The second kappa shape index (κ2) is 5.43. The van der Waals surface area contributed by atoms with E-state index in [0.717, 1.165) is 6.54 Å². The van der Waals surface area contributed by atoms with Gasteiger partial charge in [0.1, 0.15) is 0 Å². The Morgan fingerprint density at radius 1 is 1.20 bits per heavy atom. The number of hydrogen-bond acceptors (Lipinski definition) is 3. The van der Waals surface area contributed by atoms with E-state index in [0.29, 0.717) is 5.54 Å². The molecule has 1 spiro atoms. The third-order valence-corrected chi connectivity index (χ3v) is 6.31. The molecular formula is C17H28N2S. The standard InChI is InChI=1S/C17H28N2S/c1-4-14-7-8-15(20-14)11-19-13-16(2,3)18-12-17(19)9-5-6-10-17/h7-8,18H,4-6,9-13H2,1-3H3. The Balaban J connectivity index is 1.78. The molecule has 3 rings (SSSR count). The molecule has 3 heteroatoms. The van der Waals surface area contributed by atoms with Crippen LogP contribution in [0.3, 0.4) is 0 Å². The molecule has 0 bridgehead atoms. The van der Waals surface area contributed by atoms with E-state index in [-0.39, 0.29) is 5.54 Å². The van der Waals surface area contributed by atoms with Crippen LogP contribution in [0.4, 0.5) is 0 Å². The summed E-state index contributed by atoms with van der Waals surface area (Å²) in [6, 6.07) is 4.66. The van der Waals surface area contributed by atoms with Crippen LogP contribution in [0.25, 0.3) is 0 Å². The Kier molecular flexibility index (Phi) is 3.95. The van der Waals surface area contributed by atoms with Crippen molar-refractivity contribution in [1.29, 1.82) is 0 Å². The largest absolute Gasteiger partial charge is 0.309 e. The monoisotopic (exact) mass is 292 g/mol. The van der Waals surface area contributed by atoms with Crippen LogP contribution in [0.5, 0.6) is 0 Å². The van der Waals surface area contributed by atoms with Gasteiger partial charge in [-0.05, 0) is 45.2 Å². The first-order valence-electron chi connectivity index (χ1n) is 8.11. The van der Waals surface area contributed by atoms with E-state index in [1.807, 2.05) is 11.3 Å². The zero-order valence-corrected chi connectivity index (χ0v) is 14.0. The summed E-state index contributed by atoms with van der Waals surface area (Å²) in [6.07, 6.45) is 6.74. The van der Waals surface area contributed by atoms with E-state index < -0.39 is 0 Å². The molecule has 1 saturated heterocycles. The molecule has 0 radical (unpaired) electrons. The Hall–Kier alpha value is -0.380. The van der Waals surface area contributed by atoms with Crippen molar-refractivity contribution in [3.05, 3.63) is 21.9 Å².